The highest BCUT2D eigenvalue weighted by molar-refractivity contribution is 8.04. The summed E-state index contributed by atoms with van der Waals surface area (Å²) >= 11 is 1.44. The summed E-state index contributed by atoms with van der Waals surface area (Å²) in [5, 5.41) is 0.508. The van der Waals surface area contributed by atoms with Crippen molar-refractivity contribution in [3.63, 3.8) is 0 Å². The average Bonchev–Trinajstić information content (AvgIpc) is 2.93. The maximum Gasteiger partial charge on any atom is 0.333 e. The van der Waals surface area contributed by atoms with E-state index in [2.05, 4.69) is 4.90 Å². The van der Waals surface area contributed by atoms with E-state index in [-0.39, 0.29) is 17.3 Å². The Morgan fingerprint density at radius 1 is 1.50 bits per heavy atom. The minimum atomic E-state index is -0.387. The van der Waals surface area contributed by atoms with Gasteiger partial charge in [0.25, 0.3) is 5.91 Å². The normalized spacial score (nSPS) is 27.2. The Kier molecular flexibility index (Phi) is 4.29. The minimum Gasteiger partial charge on any atom is -0.463 e. The third-order valence-corrected chi connectivity index (χ3v) is 4.46. The summed E-state index contributed by atoms with van der Waals surface area (Å²) < 4.78 is 4.87. The number of carbonyl (C=O) groups excluding carboxylic acids is 2. The van der Waals surface area contributed by atoms with Crippen LogP contribution in [-0.2, 0) is 14.3 Å². The Hall–Kier alpha value is -1.01. The molecular weight excluding hydrogens is 252 g/mol. The van der Waals surface area contributed by atoms with Crippen LogP contribution in [0.3, 0.4) is 0 Å². The summed E-state index contributed by atoms with van der Waals surface area (Å²) in [4.78, 5) is 27.3. The number of hydrogen-bond donors (Lipinski definition) is 0. The van der Waals surface area contributed by atoms with E-state index in [1.807, 2.05) is 0 Å². The molecule has 0 spiro atoms. The van der Waals surface area contributed by atoms with Crippen molar-refractivity contribution >= 4 is 23.6 Å². The van der Waals surface area contributed by atoms with Crippen LogP contribution in [0, 0.1) is 0 Å². The molecule has 1 amide bonds. The second kappa shape index (κ2) is 5.75. The molecule has 0 aliphatic carbocycles. The Morgan fingerprint density at radius 3 is 2.78 bits per heavy atom. The first kappa shape index (κ1) is 13.4. The van der Waals surface area contributed by atoms with Crippen LogP contribution in [0.25, 0.3) is 0 Å². The number of likely N-dealkylation sites (tertiary alicyclic amines) is 1. The van der Waals surface area contributed by atoms with E-state index >= 15 is 0 Å². The lowest BCUT2D eigenvalue weighted by molar-refractivity contribution is -0.137. The van der Waals surface area contributed by atoms with Gasteiger partial charge in [-0.05, 0) is 32.9 Å². The van der Waals surface area contributed by atoms with Crippen molar-refractivity contribution in [1.29, 1.82) is 0 Å². The van der Waals surface area contributed by atoms with E-state index < -0.39 is 0 Å². The van der Waals surface area contributed by atoms with Gasteiger partial charge in [0.15, 0.2) is 0 Å². The van der Waals surface area contributed by atoms with E-state index in [1.165, 1.54) is 17.8 Å². The van der Waals surface area contributed by atoms with Gasteiger partial charge in [-0.25, -0.2) is 4.79 Å². The molecule has 0 unspecified atom stereocenters. The lowest BCUT2D eigenvalue weighted by Crippen LogP contribution is -2.37. The molecular formula is C12H18N2O3S. The first-order valence-electron chi connectivity index (χ1n) is 6.20. The zero-order chi connectivity index (χ0) is 13.1. The fourth-order valence-corrected chi connectivity index (χ4v) is 3.40. The highest BCUT2D eigenvalue weighted by Gasteiger charge is 2.39. The van der Waals surface area contributed by atoms with Gasteiger partial charge in [-0.2, -0.15) is 0 Å². The molecule has 0 N–H and O–H groups in total. The van der Waals surface area contributed by atoms with Gasteiger partial charge in [0, 0.05) is 7.05 Å². The van der Waals surface area contributed by atoms with Crippen molar-refractivity contribution in [3.8, 4) is 0 Å². The number of esters is 1. The van der Waals surface area contributed by atoms with E-state index in [9.17, 15) is 9.59 Å². The topological polar surface area (TPSA) is 49.9 Å². The smallest absolute Gasteiger partial charge is 0.333 e. The number of nitrogens with zero attached hydrogens (tertiary/aromatic N) is 2. The van der Waals surface area contributed by atoms with Gasteiger partial charge in [-0.1, -0.05) is 11.8 Å². The van der Waals surface area contributed by atoms with Crippen LogP contribution < -0.4 is 0 Å². The molecule has 0 saturated carbocycles. The molecule has 2 rings (SSSR count). The monoisotopic (exact) mass is 270 g/mol. The van der Waals surface area contributed by atoms with E-state index in [0.717, 1.165) is 25.9 Å². The minimum absolute atomic E-state index is 0.0532. The summed E-state index contributed by atoms with van der Waals surface area (Å²) in [7, 11) is 1.70. The SMILES string of the molecule is CCOC(=O)/C=C1\S[C@@H](N2CCCC2)C(=O)N1C. The molecule has 2 aliphatic heterocycles. The molecule has 2 saturated heterocycles. The van der Waals surface area contributed by atoms with Crippen molar-refractivity contribution < 1.29 is 14.3 Å². The molecule has 100 valence electrons. The van der Waals surface area contributed by atoms with Gasteiger partial charge < -0.3 is 9.64 Å². The first-order valence-corrected chi connectivity index (χ1v) is 7.08. The quantitative estimate of drug-likeness (QED) is 0.566. The number of rotatable bonds is 3. The van der Waals surface area contributed by atoms with Gasteiger partial charge in [-0.15, -0.1) is 0 Å². The number of hydrogen-bond acceptors (Lipinski definition) is 5. The standard InChI is InChI=1S/C12H18N2O3S/c1-3-17-10(15)8-9-13(2)11(16)12(18-9)14-6-4-5-7-14/h8,12H,3-7H2,1-2H3/b9-8-/t12-/m1/s1. The highest BCUT2D eigenvalue weighted by atomic mass is 32.2. The number of amides is 1. The van der Waals surface area contributed by atoms with Gasteiger partial charge in [0.2, 0.25) is 0 Å². The maximum atomic E-state index is 12.1. The number of likely N-dealkylation sites (N-methyl/N-ethyl adjacent to an activating group) is 1. The van der Waals surface area contributed by atoms with Crippen LogP contribution in [0.5, 0.6) is 0 Å². The van der Waals surface area contributed by atoms with Crippen molar-refractivity contribution in [2.75, 3.05) is 26.7 Å². The van der Waals surface area contributed by atoms with Crippen LogP contribution in [0.1, 0.15) is 19.8 Å². The second-order valence-corrected chi connectivity index (χ2v) is 5.45. The van der Waals surface area contributed by atoms with Crippen molar-refractivity contribution in [1.82, 2.24) is 9.80 Å². The lowest BCUT2D eigenvalue weighted by atomic mass is 10.4. The summed E-state index contributed by atoms with van der Waals surface area (Å²) in [5.74, 6) is -0.334. The molecule has 6 heteroatoms. The number of thioether (sulfide) groups is 1. The van der Waals surface area contributed by atoms with Crippen LogP contribution >= 0.6 is 11.8 Å². The van der Waals surface area contributed by atoms with Crippen LogP contribution in [0.4, 0.5) is 0 Å². The van der Waals surface area contributed by atoms with E-state index in [1.54, 1.807) is 18.9 Å². The van der Waals surface area contributed by atoms with Crippen molar-refractivity contribution in [3.05, 3.63) is 11.1 Å². The zero-order valence-corrected chi connectivity index (χ0v) is 11.5. The molecule has 0 aromatic heterocycles. The zero-order valence-electron chi connectivity index (χ0n) is 10.7. The van der Waals surface area contributed by atoms with Gasteiger partial charge in [0.05, 0.1) is 17.7 Å². The largest absolute Gasteiger partial charge is 0.463 e. The summed E-state index contributed by atoms with van der Waals surface area (Å²) in [5.41, 5.74) is 0. The van der Waals surface area contributed by atoms with Gasteiger partial charge in [0.1, 0.15) is 5.37 Å². The molecule has 2 fully saturated rings. The Labute approximate surface area is 111 Å². The molecule has 0 aromatic carbocycles. The highest BCUT2D eigenvalue weighted by Crippen LogP contribution is 2.37. The summed E-state index contributed by atoms with van der Waals surface area (Å²) in [6.45, 7) is 4.04. The third-order valence-electron chi connectivity index (χ3n) is 3.11. The average molecular weight is 270 g/mol. The molecule has 5 nitrogen and oxygen atoms in total. The van der Waals surface area contributed by atoms with Gasteiger partial charge >= 0.3 is 5.97 Å². The summed E-state index contributed by atoms with van der Waals surface area (Å²) in [6, 6.07) is 0. The van der Waals surface area contributed by atoms with Crippen LogP contribution in [0.15, 0.2) is 11.1 Å². The Morgan fingerprint density at radius 2 is 2.17 bits per heavy atom. The van der Waals surface area contributed by atoms with Gasteiger partial charge in [-0.3, -0.25) is 9.69 Å². The molecule has 0 aromatic rings. The predicted octanol–water partition coefficient (Wildman–Crippen LogP) is 1.02. The maximum absolute atomic E-state index is 12.1. The molecule has 18 heavy (non-hydrogen) atoms. The number of ether oxygens (including phenoxy) is 1. The fraction of sp³-hybridized carbons (Fsp3) is 0.667. The van der Waals surface area contributed by atoms with Crippen molar-refractivity contribution in [2.45, 2.75) is 25.1 Å². The predicted molar refractivity (Wildman–Crippen MR) is 69.7 cm³/mol. The Bertz CT molecular complexity index is 378. The number of carbonyl (C=O) groups is 2. The van der Waals surface area contributed by atoms with E-state index in [0.29, 0.717) is 11.6 Å². The molecule has 1 atom stereocenters. The molecule has 2 heterocycles. The molecule has 0 radical (unpaired) electrons. The third kappa shape index (κ3) is 2.70. The fourth-order valence-electron chi connectivity index (χ4n) is 2.14. The van der Waals surface area contributed by atoms with Crippen molar-refractivity contribution in [2.24, 2.45) is 0 Å². The Balaban J connectivity index is 2.06. The summed E-state index contributed by atoms with van der Waals surface area (Å²) in [6.07, 6.45) is 3.69. The van der Waals surface area contributed by atoms with E-state index in [4.69, 9.17) is 4.74 Å². The van der Waals surface area contributed by atoms with Crippen LogP contribution in [0.2, 0.25) is 0 Å². The molecule has 0 bridgehead atoms. The lowest BCUT2D eigenvalue weighted by Gasteiger charge is -2.19. The second-order valence-electron chi connectivity index (χ2n) is 4.35. The molecule has 2 aliphatic rings. The first-order chi connectivity index (χ1) is 8.63. The van der Waals surface area contributed by atoms with Crippen LogP contribution in [-0.4, -0.2) is 53.8 Å².